The van der Waals surface area contributed by atoms with E-state index in [1.165, 1.54) is 24.3 Å². The van der Waals surface area contributed by atoms with Crippen LogP contribution in [0.1, 0.15) is 5.56 Å². The van der Waals surface area contributed by atoms with Crippen molar-refractivity contribution >= 4 is 37.5 Å². The minimum atomic E-state index is -3.95. The molecule has 0 aliphatic heterocycles. The van der Waals surface area contributed by atoms with Crippen LogP contribution in [0.3, 0.4) is 0 Å². The Morgan fingerprint density at radius 3 is 2.31 bits per heavy atom. The van der Waals surface area contributed by atoms with Crippen molar-refractivity contribution in [2.45, 2.75) is 11.4 Å². The van der Waals surface area contributed by atoms with Gasteiger partial charge >= 0.3 is 0 Å². The fourth-order valence-electron chi connectivity index (χ4n) is 2.66. The Morgan fingerprint density at radius 1 is 0.966 bits per heavy atom. The molecule has 1 amide bonds. The number of nitrogens with one attached hydrogen (secondary N) is 1. The minimum Gasteiger partial charge on any atom is -0.350 e. The van der Waals surface area contributed by atoms with Gasteiger partial charge in [0.25, 0.3) is 10.0 Å². The molecule has 0 unspecified atom stereocenters. The lowest BCUT2D eigenvalue weighted by Crippen LogP contribution is -2.40. The molecule has 3 aromatic carbocycles. The zero-order chi connectivity index (χ0) is 20.9. The predicted octanol–water partition coefficient (Wildman–Crippen LogP) is 4.10. The van der Waals surface area contributed by atoms with Crippen molar-refractivity contribution in [2.75, 3.05) is 10.8 Å². The molecular formula is C21H18BrFN2O3S. The molecule has 0 radical (unpaired) electrons. The van der Waals surface area contributed by atoms with Gasteiger partial charge in [0.05, 0.1) is 10.6 Å². The standard InChI is InChI=1S/C21H18BrFN2O3S/c22-17-5-4-6-19(13-17)25(29(27,28)20-7-2-1-3-8-20)15-21(26)24-14-16-9-11-18(23)12-10-16/h1-13H,14-15H2,(H,24,26). The molecule has 8 heteroatoms. The van der Waals surface area contributed by atoms with E-state index in [2.05, 4.69) is 21.2 Å². The van der Waals surface area contributed by atoms with Crippen molar-refractivity contribution in [1.82, 2.24) is 5.32 Å². The number of halogens is 2. The summed E-state index contributed by atoms with van der Waals surface area (Å²) in [4.78, 5) is 12.6. The normalized spacial score (nSPS) is 11.1. The Morgan fingerprint density at radius 2 is 1.66 bits per heavy atom. The van der Waals surface area contributed by atoms with E-state index in [9.17, 15) is 17.6 Å². The van der Waals surface area contributed by atoms with Crippen LogP contribution in [0.5, 0.6) is 0 Å². The lowest BCUT2D eigenvalue weighted by atomic mass is 10.2. The Labute approximate surface area is 177 Å². The van der Waals surface area contributed by atoms with Crippen LogP contribution in [0.4, 0.5) is 10.1 Å². The van der Waals surface area contributed by atoms with Crippen LogP contribution < -0.4 is 9.62 Å². The van der Waals surface area contributed by atoms with Gasteiger partial charge in [-0.05, 0) is 48.0 Å². The van der Waals surface area contributed by atoms with Crippen LogP contribution in [0, 0.1) is 5.82 Å². The zero-order valence-corrected chi connectivity index (χ0v) is 17.7. The van der Waals surface area contributed by atoms with Crippen molar-refractivity contribution in [3.05, 3.63) is 94.7 Å². The number of sulfonamides is 1. The number of nitrogens with zero attached hydrogens (tertiary/aromatic N) is 1. The van der Waals surface area contributed by atoms with Crippen LogP contribution in [-0.2, 0) is 21.4 Å². The number of carbonyl (C=O) groups is 1. The molecular weight excluding hydrogens is 459 g/mol. The second-order valence-corrected chi connectivity index (χ2v) is 8.99. The first-order valence-corrected chi connectivity index (χ1v) is 10.9. The lowest BCUT2D eigenvalue weighted by Gasteiger charge is -2.24. The summed E-state index contributed by atoms with van der Waals surface area (Å²) in [6.45, 7) is -0.230. The van der Waals surface area contributed by atoms with Crippen molar-refractivity contribution in [3.63, 3.8) is 0 Å². The minimum absolute atomic E-state index is 0.0892. The van der Waals surface area contributed by atoms with E-state index >= 15 is 0 Å². The third-order valence-corrected chi connectivity index (χ3v) is 6.40. The first-order valence-electron chi connectivity index (χ1n) is 8.71. The fraction of sp³-hybridized carbons (Fsp3) is 0.0952. The monoisotopic (exact) mass is 476 g/mol. The van der Waals surface area contributed by atoms with E-state index in [1.54, 1.807) is 54.6 Å². The number of carbonyl (C=O) groups excluding carboxylic acids is 1. The Hall–Kier alpha value is -2.71. The average Bonchev–Trinajstić information content (AvgIpc) is 2.72. The number of hydrogen-bond acceptors (Lipinski definition) is 3. The summed E-state index contributed by atoms with van der Waals surface area (Å²) < 4.78 is 41.1. The summed E-state index contributed by atoms with van der Waals surface area (Å²) in [5.74, 6) is -0.844. The third-order valence-electron chi connectivity index (χ3n) is 4.12. The highest BCUT2D eigenvalue weighted by Crippen LogP contribution is 2.26. The maximum Gasteiger partial charge on any atom is 0.264 e. The molecule has 0 fully saturated rings. The number of amides is 1. The maximum atomic E-state index is 13.2. The van der Waals surface area contributed by atoms with Gasteiger partial charge in [0.1, 0.15) is 12.4 Å². The molecule has 0 aromatic heterocycles. The molecule has 1 N–H and O–H groups in total. The van der Waals surface area contributed by atoms with Crippen LogP contribution in [-0.4, -0.2) is 20.9 Å². The highest BCUT2D eigenvalue weighted by atomic mass is 79.9. The molecule has 29 heavy (non-hydrogen) atoms. The number of anilines is 1. The molecule has 150 valence electrons. The molecule has 5 nitrogen and oxygen atoms in total. The summed E-state index contributed by atoms with van der Waals surface area (Å²) >= 11 is 3.33. The SMILES string of the molecule is O=C(CN(c1cccc(Br)c1)S(=O)(=O)c1ccccc1)NCc1ccc(F)cc1. The van der Waals surface area contributed by atoms with Crippen molar-refractivity contribution in [3.8, 4) is 0 Å². The molecule has 0 aliphatic rings. The van der Waals surface area contributed by atoms with Gasteiger partial charge < -0.3 is 5.32 Å². The summed E-state index contributed by atoms with van der Waals surface area (Å²) in [5, 5.41) is 2.68. The molecule has 0 atom stereocenters. The Bertz CT molecular complexity index is 1090. The van der Waals surface area contributed by atoms with Gasteiger partial charge in [-0.15, -0.1) is 0 Å². The first-order chi connectivity index (χ1) is 13.9. The van der Waals surface area contributed by atoms with Gasteiger partial charge in [-0.2, -0.15) is 0 Å². The van der Waals surface area contributed by atoms with Crippen molar-refractivity contribution in [2.24, 2.45) is 0 Å². The summed E-state index contributed by atoms with van der Waals surface area (Å²) in [5.41, 5.74) is 1.07. The molecule has 0 saturated carbocycles. The molecule has 0 spiro atoms. The van der Waals surface area contributed by atoms with E-state index in [1.807, 2.05) is 0 Å². The lowest BCUT2D eigenvalue weighted by molar-refractivity contribution is -0.119. The van der Waals surface area contributed by atoms with E-state index in [0.29, 0.717) is 15.7 Å². The molecule has 0 bridgehead atoms. The summed E-state index contributed by atoms with van der Waals surface area (Å²) in [7, 11) is -3.95. The predicted molar refractivity (Wildman–Crippen MR) is 113 cm³/mol. The molecule has 3 rings (SSSR count). The van der Waals surface area contributed by atoms with E-state index in [4.69, 9.17) is 0 Å². The van der Waals surface area contributed by atoms with E-state index in [-0.39, 0.29) is 17.3 Å². The van der Waals surface area contributed by atoms with Gasteiger partial charge in [0.2, 0.25) is 5.91 Å². The number of hydrogen-bond donors (Lipinski definition) is 1. The highest BCUT2D eigenvalue weighted by Gasteiger charge is 2.27. The van der Waals surface area contributed by atoms with Crippen molar-refractivity contribution < 1.29 is 17.6 Å². The van der Waals surface area contributed by atoms with Crippen LogP contribution in [0.15, 0.2) is 88.2 Å². The third kappa shape index (κ3) is 5.42. The Balaban J connectivity index is 1.83. The fourth-order valence-corrected chi connectivity index (χ4v) is 4.48. The Kier molecular flexibility index (Phi) is 6.66. The van der Waals surface area contributed by atoms with Gasteiger partial charge in [0.15, 0.2) is 0 Å². The number of rotatable bonds is 7. The van der Waals surface area contributed by atoms with Crippen LogP contribution in [0.25, 0.3) is 0 Å². The smallest absolute Gasteiger partial charge is 0.264 e. The largest absolute Gasteiger partial charge is 0.350 e. The zero-order valence-electron chi connectivity index (χ0n) is 15.3. The summed E-state index contributed by atoms with van der Waals surface area (Å²) in [6, 6.07) is 20.4. The second kappa shape index (κ2) is 9.19. The van der Waals surface area contributed by atoms with Crippen LogP contribution >= 0.6 is 15.9 Å². The van der Waals surface area contributed by atoms with E-state index in [0.717, 1.165) is 4.31 Å². The quantitative estimate of drug-likeness (QED) is 0.558. The first kappa shape index (κ1) is 21.0. The number of benzene rings is 3. The van der Waals surface area contributed by atoms with Crippen LogP contribution in [0.2, 0.25) is 0 Å². The average molecular weight is 477 g/mol. The van der Waals surface area contributed by atoms with Gasteiger partial charge in [-0.3, -0.25) is 9.10 Å². The molecule has 0 aliphatic carbocycles. The van der Waals surface area contributed by atoms with Gasteiger partial charge in [0, 0.05) is 11.0 Å². The van der Waals surface area contributed by atoms with Crippen molar-refractivity contribution in [1.29, 1.82) is 0 Å². The molecule has 0 heterocycles. The van der Waals surface area contributed by atoms with Gasteiger partial charge in [-0.1, -0.05) is 52.3 Å². The summed E-state index contributed by atoms with van der Waals surface area (Å²) in [6.07, 6.45) is 0. The highest BCUT2D eigenvalue weighted by molar-refractivity contribution is 9.10. The second-order valence-electron chi connectivity index (χ2n) is 6.21. The maximum absolute atomic E-state index is 13.2. The van der Waals surface area contributed by atoms with Gasteiger partial charge in [-0.25, -0.2) is 12.8 Å². The molecule has 3 aromatic rings. The van der Waals surface area contributed by atoms with E-state index < -0.39 is 22.5 Å². The topological polar surface area (TPSA) is 66.5 Å². The molecule has 0 saturated heterocycles.